The molecule has 9 nitrogen and oxygen atoms in total. The quantitative estimate of drug-likeness (QED) is 0.258. The van der Waals surface area contributed by atoms with E-state index in [-0.39, 0.29) is 34.0 Å². The summed E-state index contributed by atoms with van der Waals surface area (Å²) in [6.07, 6.45) is 7.32. The third-order valence-corrected chi connectivity index (χ3v) is 7.38. The number of anilines is 2. The number of carbonyl (C=O) groups is 1. The number of aromatic amines is 1. The standard InChI is InChI=1S/C30H25F3N6O3/c31-18-3-1-17(2-4-18)21-13-39(12-16-5-7-42-8-6-16)14-22(27(21)40)30(41)38-25-10-23(32)19(9-24(25)33)20-11-35-29-26(20)28(34)36-15-37-29/h1-4,9-11,13-16H,5-8,12H2,(H,38,41)(H3,34,35,36,37). The SMILES string of the molecule is Nc1ncnc2[nH]cc(-c3cc(F)c(NC(=O)c4cn(CC5CCOCC5)cc(-c5ccc(F)cc5)c4=O)cc3F)c12. The van der Waals surface area contributed by atoms with Gasteiger partial charge in [-0.3, -0.25) is 9.59 Å². The molecule has 0 spiro atoms. The van der Waals surface area contributed by atoms with Crippen molar-refractivity contribution < 1.29 is 22.7 Å². The van der Waals surface area contributed by atoms with Crippen LogP contribution in [0.5, 0.6) is 0 Å². The van der Waals surface area contributed by atoms with Gasteiger partial charge in [-0.15, -0.1) is 0 Å². The number of aromatic nitrogens is 4. The van der Waals surface area contributed by atoms with Crippen molar-refractivity contribution >= 4 is 28.4 Å². The van der Waals surface area contributed by atoms with Crippen molar-refractivity contribution in [1.82, 2.24) is 19.5 Å². The number of ether oxygens (including phenoxy) is 1. The lowest BCUT2D eigenvalue weighted by Gasteiger charge is -2.23. The Kier molecular flexibility index (Phi) is 7.21. The zero-order chi connectivity index (χ0) is 29.4. The van der Waals surface area contributed by atoms with Gasteiger partial charge in [0, 0.05) is 61.1 Å². The molecule has 1 aliphatic rings. The lowest BCUT2D eigenvalue weighted by molar-refractivity contribution is 0.0612. The smallest absolute Gasteiger partial charge is 0.261 e. The van der Waals surface area contributed by atoms with Gasteiger partial charge in [0.1, 0.15) is 40.8 Å². The summed E-state index contributed by atoms with van der Waals surface area (Å²) >= 11 is 0. The fourth-order valence-corrected chi connectivity index (χ4v) is 5.20. The van der Waals surface area contributed by atoms with Crippen molar-refractivity contribution in [3.8, 4) is 22.3 Å². The first-order valence-corrected chi connectivity index (χ1v) is 13.2. The molecule has 0 radical (unpaired) electrons. The molecular formula is C30H25F3N6O3. The van der Waals surface area contributed by atoms with Crippen LogP contribution in [-0.2, 0) is 11.3 Å². The van der Waals surface area contributed by atoms with Crippen LogP contribution in [0.1, 0.15) is 23.2 Å². The zero-order valence-electron chi connectivity index (χ0n) is 22.2. The van der Waals surface area contributed by atoms with E-state index in [4.69, 9.17) is 10.5 Å². The van der Waals surface area contributed by atoms with Crippen LogP contribution in [0.25, 0.3) is 33.3 Å². The minimum atomic E-state index is -0.929. The van der Waals surface area contributed by atoms with Crippen LogP contribution in [0.2, 0.25) is 0 Å². The molecule has 3 aromatic heterocycles. The number of nitrogens with one attached hydrogen (secondary N) is 2. The van der Waals surface area contributed by atoms with Crippen LogP contribution in [0, 0.1) is 23.4 Å². The lowest BCUT2D eigenvalue weighted by atomic mass is 9.99. The van der Waals surface area contributed by atoms with Crippen molar-refractivity contribution in [2.24, 2.45) is 5.92 Å². The van der Waals surface area contributed by atoms with E-state index in [9.17, 15) is 14.0 Å². The van der Waals surface area contributed by atoms with Crippen LogP contribution in [0.4, 0.5) is 24.7 Å². The first kappa shape index (κ1) is 27.2. The molecule has 1 saturated heterocycles. The van der Waals surface area contributed by atoms with Crippen molar-refractivity contribution in [3.05, 3.63) is 94.6 Å². The van der Waals surface area contributed by atoms with Crippen molar-refractivity contribution in [2.45, 2.75) is 19.4 Å². The van der Waals surface area contributed by atoms with E-state index in [0.717, 1.165) is 25.0 Å². The van der Waals surface area contributed by atoms with E-state index in [1.165, 1.54) is 43.0 Å². The molecule has 4 heterocycles. The second kappa shape index (κ2) is 11.1. The number of rotatable bonds is 6. The van der Waals surface area contributed by atoms with E-state index in [2.05, 4.69) is 20.3 Å². The van der Waals surface area contributed by atoms with Crippen molar-refractivity contribution in [1.29, 1.82) is 0 Å². The molecule has 6 rings (SSSR count). The number of fused-ring (bicyclic) bond motifs is 1. The summed E-state index contributed by atoms with van der Waals surface area (Å²) in [5, 5.41) is 2.67. The molecule has 5 aromatic rings. The van der Waals surface area contributed by atoms with Gasteiger partial charge in [-0.2, -0.15) is 0 Å². The summed E-state index contributed by atoms with van der Waals surface area (Å²) in [5.74, 6) is -2.82. The Hall–Kier alpha value is -4.97. The normalized spacial score (nSPS) is 13.9. The van der Waals surface area contributed by atoms with Crippen molar-refractivity contribution in [3.63, 3.8) is 0 Å². The fraction of sp³-hybridized carbons (Fsp3) is 0.200. The van der Waals surface area contributed by atoms with E-state index in [1.54, 1.807) is 10.8 Å². The number of nitrogen functional groups attached to an aromatic ring is 1. The number of halogens is 3. The molecule has 1 amide bonds. The van der Waals surface area contributed by atoms with Gasteiger partial charge in [-0.1, -0.05) is 12.1 Å². The topological polar surface area (TPSA) is 128 Å². The van der Waals surface area contributed by atoms with Gasteiger partial charge in [-0.05, 0) is 42.5 Å². The molecule has 12 heteroatoms. The Bertz CT molecular complexity index is 1860. The highest BCUT2D eigenvalue weighted by Crippen LogP contribution is 2.34. The molecule has 0 aliphatic carbocycles. The van der Waals surface area contributed by atoms with Crippen molar-refractivity contribution in [2.75, 3.05) is 24.3 Å². The minimum Gasteiger partial charge on any atom is -0.383 e. The van der Waals surface area contributed by atoms with Gasteiger partial charge in [0.15, 0.2) is 0 Å². The molecule has 1 fully saturated rings. The third kappa shape index (κ3) is 5.23. The summed E-state index contributed by atoms with van der Waals surface area (Å²) in [6.45, 7) is 1.73. The number of hydrogen-bond donors (Lipinski definition) is 3. The number of hydrogen-bond acceptors (Lipinski definition) is 6. The zero-order valence-corrected chi connectivity index (χ0v) is 22.2. The Balaban J connectivity index is 1.35. The number of amides is 1. The Labute approximate surface area is 237 Å². The number of nitrogens with zero attached hydrogens (tertiary/aromatic N) is 3. The summed E-state index contributed by atoms with van der Waals surface area (Å²) in [7, 11) is 0. The average Bonchev–Trinajstić information content (AvgIpc) is 3.42. The van der Waals surface area contributed by atoms with Gasteiger partial charge in [-0.25, -0.2) is 23.1 Å². The molecule has 0 atom stereocenters. The van der Waals surface area contributed by atoms with Crippen LogP contribution in [0.3, 0.4) is 0 Å². The van der Waals surface area contributed by atoms with E-state index >= 15 is 8.78 Å². The highest BCUT2D eigenvalue weighted by Gasteiger charge is 2.22. The van der Waals surface area contributed by atoms with Crippen LogP contribution >= 0.6 is 0 Å². The summed E-state index contributed by atoms with van der Waals surface area (Å²) in [5.41, 5.74) is 5.67. The molecule has 0 saturated carbocycles. The average molecular weight is 575 g/mol. The van der Waals surface area contributed by atoms with E-state index < -0.39 is 34.5 Å². The largest absolute Gasteiger partial charge is 0.383 e. The summed E-state index contributed by atoms with van der Waals surface area (Å²) < 4.78 is 51.3. The highest BCUT2D eigenvalue weighted by molar-refractivity contribution is 6.05. The molecule has 0 unspecified atom stereocenters. The molecule has 42 heavy (non-hydrogen) atoms. The van der Waals surface area contributed by atoms with Crippen LogP contribution < -0.4 is 16.5 Å². The molecule has 214 valence electrons. The second-order valence-corrected chi connectivity index (χ2v) is 10.1. The Morgan fingerprint density at radius 2 is 1.79 bits per heavy atom. The monoisotopic (exact) mass is 574 g/mol. The molecular weight excluding hydrogens is 549 g/mol. The van der Waals surface area contributed by atoms with Gasteiger partial charge in [0.25, 0.3) is 5.91 Å². The first-order valence-electron chi connectivity index (χ1n) is 13.2. The first-order chi connectivity index (χ1) is 20.3. The van der Waals surface area contributed by atoms with Gasteiger partial charge < -0.3 is 25.3 Å². The number of pyridine rings is 1. The van der Waals surface area contributed by atoms with Crippen LogP contribution in [0.15, 0.2) is 66.1 Å². The minimum absolute atomic E-state index is 0.0894. The number of carbonyl (C=O) groups excluding carboxylic acids is 1. The maximum Gasteiger partial charge on any atom is 0.261 e. The maximum atomic E-state index is 15.3. The fourth-order valence-electron chi connectivity index (χ4n) is 5.20. The highest BCUT2D eigenvalue weighted by atomic mass is 19.1. The van der Waals surface area contributed by atoms with Gasteiger partial charge >= 0.3 is 0 Å². The van der Waals surface area contributed by atoms with E-state index in [0.29, 0.717) is 36.4 Å². The Morgan fingerprint density at radius 1 is 1.02 bits per heavy atom. The molecule has 4 N–H and O–H groups in total. The molecule has 2 aromatic carbocycles. The summed E-state index contributed by atoms with van der Waals surface area (Å²) in [6, 6.07) is 7.10. The predicted molar refractivity (Wildman–Crippen MR) is 151 cm³/mol. The molecule has 1 aliphatic heterocycles. The second-order valence-electron chi connectivity index (χ2n) is 10.1. The van der Waals surface area contributed by atoms with Gasteiger partial charge in [0.2, 0.25) is 5.43 Å². The maximum absolute atomic E-state index is 15.3. The number of nitrogens with two attached hydrogens (primary N) is 1. The lowest BCUT2D eigenvalue weighted by Crippen LogP contribution is -2.27. The number of benzene rings is 2. The third-order valence-electron chi connectivity index (χ3n) is 7.38. The molecule has 0 bridgehead atoms. The summed E-state index contributed by atoms with van der Waals surface area (Å²) in [4.78, 5) is 37.6. The number of H-pyrrole nitrogens is 1. The Morgan fingerprint density at radius 3 is 2.55 bits per heavy atom. The van der Waals surface area contributed by atoms with Gasteiger partial charge in [0.05, 0.1) is 11.1 Å². The van der Waals surface area contributed by atoms with Crippen LogP contribution in [-0.4, -0.2) is 38.6 Å². The van der Waals surface area contributed by atoms with E-state index in [1.807, 2.05) is 0 Å². The predicted octanol–water partition coefficient (Wildman–Crippen LogP) is 5.13.